The van der Waals surface area contributed by atoms with Gasteiger partial charge in [-0.15, -0.1) is 0 Å². The summed E-state index contributed by atoms with van der Waals surface area (Å²) in [6.45, 7) is 6.76. The number of carboxylic acid groups (broad SMARTS) is 1. The molecule has 1 saturated carbocycles. The number of unbranched alkanes of at least 4 members (excludes halogenated alkanes) is 16. The van der Waals surface area contributed by atoms with Crippen molar-refractivity contribution < 1.29 is 19.4 Å². The Morgan fingerprint density at radius 2 is 0.921 bits per heavy atom. The molecule has 0 heterocycles. The van der Waals surface area contributed by atoms with E-state index in [1.807, 2.05) is 0 Å². The topological polar surface area (TPSA) is 63.6 Å². The molecule has 0 radical (unpaired) electrons. The number of hydrogen-bond donors (Lipinski definition) is 1. The van der Waals surface area contributed by atoms with Crippen LogP contribution in [0.25, 0.3) is 0 Å². The Balaban J connectivity index is 2.90. The van der Waals surface area contributed by atoms with E-state index >= 15 is 0 Å². The first-order valence-electron chi connectivity index (χ1n) is 16.9. The summed E-state index contributed by atoms with van der Waals surface area (Å²) in [6, 6.07) is 0. The molecule has 4 nitrogen and oxygen atoms in total. The third kappa shape index (κ3) is 15.5. The van der Waals surface area contributed by atoms with Crippen LogP contribution in [0.15, 0.2) is 0 Å². The zero-order chi connectivity index (χ0) is 27.9. The lowest BCUT2D eigenvalue weighted by Gasteiger charge is -2.37. The summed E-state index contributed by atoms with van der Waals surface area (Å²) in [7, 11) is 0. The molecule has 0 aliphatic heterocycles. The van der Waals surface area contributed by atoms with Gasteiger partial charge in [0.25, 0.3) is 0 Å². The van der Waals surface area contributed by atoms with Crippen LogP contribution in [-0.4, -0.2) is 22.6 Å². The standard InChI is InChI=1S/C34H64O4/c1-4-7-10-13-16-19-24-29-34(27-22-17-14-11-8-5-2,28-23-18-15-12-9-6-3)38-33(37)31-26-21-20-25-30(31)32(35)36/h30-31H,4-29H2,1-3H3,(H,35,36). The van der Waals surface area contributed by atoms with Gasteiger partial charge in [0.05, 0.1) is 11.8 Å². The van der Waals surface area contributed by atoms with Gasteiger partial charge in [0, 0.05) is 0 Å². The first-order chi connectivity index (χ1) is 18.5. The molecule has 4 heteroatoms. The second kappa shape index (κ2) is 22.7. The van der Waals surface area contributed by atoms with Crippen LogP contribution in [0.1, 0.15) is 188 Å². The molecule has 0 aromatic heterocycles. The normalized spacial score (nSPS) is 18.0. The number of esters is 1. The van der Waals surface area contributed by atoms with E-state index < -0.39 is 23.4 Å². The highest BCUT2D eigenvalue weighted by Gasteiger charge is 2.41. The third-order valence-electron chi connectivity index (χ3n) is 8.91. The first-order valence-corrected chi connectivity index (χ1v) is 16.9. The second-order valence-electron chi connectivity index (χ2n) is 12.3. The Morgan fingerprint density at radius 3 is 1.29 bits per heavy atom. The molecular formula is C34H64O4. The third-order valence-corrected chi connectivity index (χ3v) is 8.91. The predicted molar refractivity (Wildman–Crippen MR) is 161 cm³/mol. The number of hydrogen-bond acceptors (Lipinski definition) is 3. The smallest absolute Gasteiger partial charge is 0.310 e. The molecule has 1 aliphatic carbocycles. The van der Waals surface area contributed by atoms with Crippen LogP contribution in [0.4, 0.5) is 0 Å². The Bertz CT molecular complexity index is 571. The molecular weight excluding hydrogens is 472 g/mol. The van der Waals surface area contributed by atoms with Crippen LogP contribution in [0.5, 0.6) is 0 Å². The van der Waals surface area contributed by atoms with E-state index in [0.717, 1.165) is 51.4 Å². The van der Waals surface area contributed by atoms with Crippen LogP contribution in [0.2, 0.25) is 0 Å². The van der Waals surface area contributed by atoms with Crippen molar-refractivity contribution in [1.29, 1.82) is 0 Å². The Kier molecular flexibility index (Phi) is 20.9. The number of rotatable bonds is 25. The van der Waals surface area contributed by atoms with Crippen molar-refractivity contribution >= 4 is 11.9 Å². The molecule has 2 unspecified atom stereocenters. The highest BCUT2D eigenvalue weighted by Crippen LogP contribution is 2.37. The number of carbonyl (C=O) groups is 2. The minimum Gasteiger partial charge on any atom is -0.481 e. The van der Waals surface area contributed by atoms with Crippen molar-refractivity contribution in [2.24, 2.45) is 11.8 Å². The van der Waals surface area contributed by atoms with E-state index in [-0.39, 0.29) is 5.97 Å². The molecule has 1 N–H and O–H groups in total. The van der Waals surface area contributed by atoms with E-state index in [2.05, 4.69) is 20.8 Å². The monoisotopic (exact) mass is 536 g/mol. The van der Waals surface area contributed by atoms with Crippen LogP contribution in [-0.2, 0) is 14.3 Å². The molecule has 0 spiro atoms. The molecule has 0 aromatic rings. The van der Waals surface area contributed by atoms with Gasteiger partial charge in [0.1, 0.15) is 5.60 Å². The maximum atomic E-state index is 13.6. The van der Waals surface area contributed by atoms with E-state index in [4.69, 9.17) is 4.74 Å². The number of aliphatic carboxylic acids is 1. The summed E-state index contributed by atoms with van der Waals surface area (Å²) in [6.07, 6.45) is 29.6. The minimum atomic E-state index is -0.823. The summed E-state index contributed by atoms with van der Waals surface area (Å²) in [5.41, 5.74) is -0.406. The van der Waals surface area contributed by atoms with Gasteiger partial charge in [-0.25, -0.2) is 0 Å². The summed E-state index contributed by atoms with van der Waals surface area (Å²) < 4.78 is 6.56. The van der Waals surface area contributed by atoms with E-state index in [1.54, 1.807) is 0 Å². The van der Waals surface area contributed by atoms with Gasteiger partial charge in [-0.05, 0) is 51.4 Å². The van der Waals surface area contributed by atoms with Crippen molar-refractivity contribution in [2.75, 3.05) is 0 Å². The molecule has 0 saturated heterocycles. The molecule has 0 aromatic carbocycles. The number of ether oxygens (including phenoxy) is 1. The lowest BCUT2D eigenvalue weighted by Crippen LogP contribution is -2.41. The Hall–Kier alpha value is -1.06. The van der Waals surface area contributed by atoms with Crippen LogP contribution in [0.3, 0.4) is 0 Å². The SMILES string of the molecule is CCCCCCCCCC(CCCCCCCC)(CCCCCCCC)OC(=O)C1CCCCC1C(=O)O. The summed E-state index contributed by atoms with van der Waals surface area (Å²) in [4.78, 5) is 25.5. The van der Waals surface area contributed by atoms with E-state index in [0.29, 0.717) is 12.8 Å². The zero-order valence-corrected chi connectivity index (χ0v) is 25.7. The predicted octanol–water partition coefficient (Wildman–Crippen LogP) is 10.8. The van der Waals surface area contributed by atoms with Gasteiger partial charge >= 0.3 is 11.9 Å². The van der Waals surface area contributed by atoms with Crippen LogP contribution >= 0.6 is 0 Å². The maximum absolute atomic E-state index is 13.6. The maximum Gasteiger partial charge on any atom is 0.310 e. The fourth-order valence-electron chi connectivity index (χ4n) is 6.39. The highest BCUT2D eigenvalue weighted by molar-refractivity contribution is 5.81. The van der Waals surface area contributed by atoms with Crippen molar-refractivity contribution in [1.82, 2.24) is 0 Å². The van der Waals surface area contributed by atoms with Crippen LogP contribution < -0.4 is 0 Å². The van der Waals surface area contributed by atoms with Crippen molar-refractivity contribution in [3.05, 3.63) is 0 Å². The summed E-state index contributed by atoms with van der Waals surface area (Å²) in [5.74, 6) is -2.08. The number of carboxylic acids is 1. The van der Waals surface area contributed by atoms with Gasteiger partial charge in [0.2, 0.25) is 0 Å². The molecule has 224 valence electrons. The molecule has 1 fully saturated rings. The Morgan fingerprint density at radius 1 is 0.579 bits per heavy atom. The largest absolute Gasteiger partial charge is 0.481 e. The van der Waals surface area contributed by atoms with Crippen molar-refractivity contribution in [3.8, 4) is 0 Å². The zero-order valence-electron chi connectivity index (χ0n) is 25.7. The van der Waals surface area contributed by atoms with Gasteiger partial charge in [0.15, 0.2) is 0 Å². The van der Waals surface area contributed by atoms with Gasteiger partial charge in [-0.3, -0.25) is 9.59 Å². The Labute approximate surface area is 236 Å². The number of carbonyl (C=O) groups excluding carboxylic acids is 1. The van der Waals surface area contributed by atoms with E-state index in [1.165, 1.54) is 103 Å². The molecule has 0 amide bonds. The van der Waals surface area contributed by atoms with Crippen LogP contribution in [0, 0.1) is 11.8 Å². The average Bonchev–Trinajstić information content (AvgIpc) is 2.92. The quantitative estimate of drug-likeness (QED) is 0.0930. The molecule has 0 bridgehead atoms. The van der Waals surface area contributed by atoms with Crippen molar-refractivity contribution in [3.63, 3.8) is 0 Å². The summed E-state index contributed by atoms with van der Waals surface area (Å²) >= 11 is 0. The fourth-order valence-corrected chi connectivity index (χ4v) is 6.39. The lowest BCUT2D eigenvalue weighted by atomic mass is 9.78. The second-order valence-corrected chi connectivity index (χ2v) is 12.3. The van der Waals surface area contributed by atoms with Gasteiger partial charge in [-0.1, -0.05) is 136 Å². The van der Waals surface area contributed by atoms with Gasteiger partial charge < -0.3 is 9.84 Å². The fraction of sp³-hybridized carbons (Fsp3) is 0.941. The molecule has 38 heavy (non-hydrogen) atoms. The first kappa shape index (κ1) is 35.0. The lowest BCUT2D eigenvalue weighted by molar-refractivity contribution is -0.175. The molecule has 2 atom stereocenters. The minimum absolute atomic E-state index is 0.211. The average molecular weight is 537 g/mol. The molecule has 1 aliphatic rings. The molecule has 1 rings (SSSR count). The highest BCUT2D eigenvalue weighted by atomic mass is 16.6. The van der Waals surface area contributed by atoms with Crippen molar-refractivity contribution in [2.45, 2.75) is 193 Å². The van der Waals surface area contributed by atoms with Gasteiger partial charge in [-0.2, -0.15) is 0 Å². The summed E-state index contributed by atoms with van der Waals surface area (Å²) in [5, 5.41) is 9.80. The van der Waals surface area contributed by atoms with E-state index in [9.17, 15) is 14.7 Å².